The van der Waals surface area contributed by atoms with Crippen LogP contribution in [0.15, 0.2) is 4.52 Å². The molecule has 1 aliphatic heterocycles. The van der Waals surface area contributed by atoms with E-state index in [1.54, 1.807) is 0 Å². The van der Waals surface area contributed by atoms with Gasteiger partial charge in [0.05, 0.1) is 0 Å². The molecule has 78 valence electrons. The monoisotopic (exact) mass is 195 g/mol. The molecule has 0 radical (unpaired) electrons. The summed E-state index contributed by atoms with van der Waals surface area (Å²) in [4.78, 5) is 4.40. The first-order valence-electron chi connectivity index (χ1n) is 5.09. The van der Waals surface area contributed by atoms with Gasteiger partial charge in [-0.3, -0.25) is 0 Å². The van der Waals surface area contributed by atoms with Crippen molar-refractivity contribution in [2.24, 2.45) is 5.92 Å². The maximum absolute atomic E-state index is 5.22. The number of nitrogens with one attached hydrogen (secondary N) is 1. The number of aromatic nitrogens is 2. The normalized spacial score (nSPS) is 18.2. The van der Waals surface area contributed by atoms with Crippen molar-refractivity contribution in [1.29, 1.82) is 0 Å². The number of rotatable bonds is 2. The van der Waals surface area contributed by atoms with Crippen LogP contribution in [0.4, 0.5) is 0 Å². The van der Waals surface area contributed by atoms with Gasteiger partial charge in [-0.05, 0) is 19.0 Å². The SMILES string of the molecule is CC(C)(C)c1nc(CC2CNC2)no1. The molecule has 0 atom stereocenters. The van der Waals surface area contributed by atoms with Crippen LogP contribution in [0.3, 0.4) is 0 Å². The Bertz CT molecular complexity index is 309. The molecule has 1 N–H and O–H groups in total. The Morgan fingerprint density at radius 1 is 1.43 bits per heavy atom. The van der Waals surface area contributed by atoms with Crippen molar-refractivity contribution in [3.8, 4) is 0 Å². The first-order valence-corrected chi connectivity index (χ1v) is 5.09. The summed E-state index contributed by atoms with van der Waals surface area (Å²) in [7, 11) is 0. The van der Waals surface area contributed by atoms with Gasteiger partial charge in [-0.2, -0.15) is 4.98 Å². The number of nitrogens with zero attached hydrogens (tertiary/aromatic N) is 2. The van der Waals surface area contributed by atoms with E-state index in [9.17, 15) is 0 Å². The molecule has 1 aromatic rings. The first kappa shape index (κ1) is 9.65. The molecule has 0 saturated carbocycles. The van der Waals surface area contributed by atoms with Gasteiger partial charge in [0.15, 0.2) is 5.82 Å². The molecular weight excluding hydrogens is 178 g/mol. The van der Waals surface area contributed by atoms with E-state index in [1.165, 1.54) is 0 Å². The molecule has 0 aromatic carbocycles. The zero-order valence-electron chi connectivity index (χ0n) is 9.00. The predicted molar refractivity (Wildman–Crippen MR) is 53.1 cm³/mol. The summed E-state index contributed by atoms with van der Waals surface area (Å²) in [6, 6.07) is 0. The summed E-state index contributed by atoms with van der Waals surface area (Å²) in [5, 5.41) is 7.22. The molecule has 2 rings (SSSR count). The predicted octanol–water partition coefficient (Wildman–Crippen LogP) is 1.13. The zero-order valence-corrected chi connectivity index (χ0v) is 9.00. The van der Waals surface area contributed by atoms with E-state index in [2.05, 4.69) is 36.2 Å². The fourth-order valence-corrected chi connectivity index (χ4v) is 1.39. The Kier molecular flexibility index (Phi) is 2.31. The van der Waals surface area contributed by atoms with E-state index >= 15 is 0 Å². The molecule has 1 aromatic heterocycles. The average molecular weight is 195 g/mol. The van der Waals surface area contributed by atoms with Gasteiger partial charge >= 0.3 is 0 Å². The van der Waals surface area contributed by atoms with E-state index < -0.39 is 0 Å². The fraction of sp³-hybridized carbons (Fsp3) is 0.800. The van der Waals surface area contributed by atoms with Crippen molar-refractivity contribution < 1.29 is 4.52 Å². The van der Waals surface area contributed by atoms with Crippen molar-refractivity contribution in [3.05, 3.63) is 11.7 Å². The molecule has 1 aliphatic rings. The lowest BCUT2D eigenvalue weighted by Crippen LogP contribution is -2.43. The minimum Gasteiger partial charge on any atom is -0.339 e. The standard InChI is InChI=1S/C10H17N3O/c1-10(2,3)9-12-8(13-14-9)4-7-5-11-6-7/h7,11H,4-6H2,1-3H3. The largest absolute Gasteiger partial charge is 0.339 e. The minimum atomic E-state index is -0.0386. The lowest BCUT2D eigenvalue weighted by atomic mass is 9.96. The second kappa shape index (κ2) is 3.35. The Labute approximate surface area is 84.1 Å². The Morgan fingerprint density at radius 2 is 2.14 bits per heavy atom. The molecule has 1 saturated heterocycles. The summed E-state index contributed by atoms with van der Waals surface area (Å²) in [6.45, 7) is 8.40. The Balaban J connectivity index is 2.02. The third kappa shape index (κ3) is 1.95. The maximum Gasteiger partial charge on any atom is 0.232 e. The summed E-state index contributed by atoms with van der Waals surface area (Å²) in [6.07, 6.45) is 0.937. The highest BCUT2D eigenvalue weighted by Gasteiger charge is 2.24. The molecule has 0 aliphatic carbocycles. The van der Waals surface area contributed by atoms with Crippen molar-refractivity contribution in [2.45, 2.75) is 32.6 Å². The smallest absolute Gasteiger partial charge is 0.232 e. The summed E-state index contributed by atoms with van der Waals surface area (Å²) < 4.78 is 5.22. The topological polar surface area (TPSA) is 51.0 Å². The summed E-state index contributed by atoms with van der Waals surface area (Å²) >= 11 is 0. The molecule has 0 bridgehead atoms. The van der Waals surface area contributed by atoms with E-state index in [0.29, 0.717) is 5.92 Å². The van der Waals surface area contributed by atoms with Crippen molar-refractivity contribution in [3.63, 3.8) is 0 Å². The van der Waals surface area contributed by atoms with Gasteiger partial charge in [0.1, 0.15) is 0 Å². The Morgan fingerprint density at radius 3 is 2.57 bits per heavy atom. The first-order chi connectivity index (χ1) is 6.55. The van der Waals surface area contributed by atoms with Gasteiger partial charge in [0, 0.05) is 11.8 Å². The lowest BCUT2D eigenvalue weighted by molar-refractivity contribution is 0.309. The van der Waals surface area contributed by atoms with Crippen LogP contribution < -0.4 is 5.32 Å². The molecule has 14 heavy (non-hydrogen) atoms. The van der Waals surface area contributed by atoms with E-state index in [4.69, 9.17) is 4.52 Å². The summed E-state index contributed by atoms with van der Waals surface area (Å²) in [5.74, 6) is 2.28. The molecular formula is C10H17N3O. The Hall–Kier alpha value is -0.900. The molecule has 1 fully saturated rings. The molecule has 2 heterocycles. The average Bonchev–Trinajstić information content (AvgIpc) is 2.43. The van der Waals surface area contributed by atoms with E-state index in [-0.39, 0.29) is 5.41 Å². The van der Waals surface area contributed by atoms with Crippen LogP contribution in [0.2, 0.25) is 0 Å². The zero-order chi connectivity index (χ0) is 10.2. The van der Waals surface area contributed by atoms with Gasteiger partial charge in [-0.15, -0.1) is 0 Å². The molecule has 4 nitrogen and oxygen atoms in total. The van der Waals surface area contributed by atoms with Crippen LogP contribution in [0.1, 0.15) is 32.5 Å². The van der Waals surface area contributed by atoms with Crippen LogP contribution in [0, 0.1) is 5.92 Å². The third-order valence-electron chi connectivity index (χ3n) is 2.45. The fourth-order valence-electron chi connectivity index (χ4n) is 1.39. The van der Waals surface area contributed by atoms with Crippen LogP contribution in [-0.2, 0) is 11.8 Å². The number of hydrogen-bond donors (Lipinski definition) is 1. The van der Waals surface area contributed by atoms with E-state index in [0.717, 1.165) is 31.2 Å². The van der Waals surface area contributed by atoms with Crippen molar-refractivity contribution in [2.75, 3.05) is 13.1 Å². The minimum absolute atomic E-state index is 0.0386. The lowest BCUT2D eigenvalue weighted by Gasteiger charge is -2.25. The number of hydrogen-bond acceptors (Lipinski definition) is 4. The van der Waals surface area contributed by atoms with Gasteiger partial charge in [-0.25, -0.2) is 0 Å². The van der Waals surface area contributed by atoms with Crippen LogP contribution in [0.25, 0.3) is 0 Å². The van der Waals surface area contributed by atoms with Crippen LogP contribution in [-0.4, -0.2) is 23.2 Å². The summed E-state index contributed by atoms with van der Waals surface area (Å²) in [5.41, 5.74) is -0.0386. The molecule has 0 amide bonds. The highest BCUT2D eigenvalue weighted by Crippen LogP contribution is 2.20. The van der Waals surface area contributed by atoms with Gasteiger partial charge in [0.25, 0.3) is 0 Å². The second-order valence-corrected chi connectivity index (χ2v) is 4.99. The third-order valence-corrected chi connectivity index (χ3v) is 2.45. The second-order valence-electron chi connectivity index (χ2n) is 4.99. The van der Waals surface area contributed by atoms with Gasteiger partial charge < -0.3 is 9.84 Å². The van der Waals surface area contributed by atoms with Crippen molar-refractivity contribution >= 4 is 0 Å². The van der Waals surface area contributed by atoms with Gasteiger partial charge in [0.2, 0.25) is 5.89 Å². The van der Waals surface area contributed by atoms with Gasteiger partial charge in [-0.1, -0.05) is 25.9 Å². The molecule has 0 spiro atoms. The highest BCUT2D eigenvalue weighted by molar-refractivity contribution is 4.99. The molecule has 0 unspecified atom stereocenters. The quantitative estimate of drug-likeness (QED) is 0.768. The van der Waals surface area contributed by atoms with Crippen LogP contribution in [0.5, 0.6) is 0 Å². The van der Waals surface area contributed by atoms with Crippen molar-refractivity contribution in [1.82, 2.24) is 15.5 Å². The van der Waals surface area contributed by atoms with E-state index in [1.807, 2.05) is 0 Å². The highest BCUT2D eigenvalue weighted by atomic mass is 16.5. The maximum atomic E-state index is 5.22. The van der Waals surface area contributed by atoms with Crippen LogP contribution >= 0.6 is 0 Å². The molecule has 4 heteroatoms.